The first-order valence-corrected chi connectivity index (χ1v) is 18.8. The molecule has 53 heavy (non-hydrogen) atoms. The van der Waals surface area contributed by atoms with Gasteiger partial charge in [-0.15, -0.1) is 11.3 Å². The summed E-state index contributed by atoms with van der Waals surface area (Å²) in [5, 5.41) is 9.64. The van der Waals surface area contributed by atoms with Gasteiger partial charge in [-0.2, -0.15) is 0 Å². The summed E-state index contributed by atoms with van der Waals surface area (Å²) in [4.78, 5) is 2.45. The van der Waals surface area contributed by atoms with Crippen molar-refractivity contribution in [1.29, 1.82) is 0 Å². The largest absolute Gasteiger partial charge is 0.454 e. The van der Waals surface area contributed by atoms with Gasteiger partial charge in [0, 0.05) is 47.6 Å². The standard InChI is InChI=1S/C50H31NOS/c1-2-15-32(16-3-1)47-40-23-6-4-19-36(40)37-20-5-7-24-41(37)48(47)51(44-28-14-26-42-38-21-8-10-29-45(38)52-49(42)44)34-18-12-17-33(31-34)35-25-13-27-43-39-22-9-11-30-46(39)53-50(35)43/h1-31H. The molecule has 0 amide bonds. The van der Waals surface area contributed by atoms with Crippen LogP contribution in [0.5, 0.6) is 0 Å². The number of nitrogens with zero attached hydrogens (tertiary/aromatic N) is 1. The first kappa shape index (κ1) is 30.0. The molecule has 11 aromatic rings. The Labute approximate surface area is 310 Å². The highest BCUT2D eigenvalue weighted by Crippen LogP contribution is 2.52. The van der Waals surface area contributed by atoms with Gasteiger partial charge < -0.3 is 9.32 Å². The van der Waals surface area contributed by atoms with E-state index in [1.54, 1.807) is 0 Å². The first-order chi connectivity index (χ1) is 26.3. The molecule has 0 unspecified atom stereocenters. The van der Waals surface area contributed by atoms with E-state index in [1.807, 2.05) is 17.4 Å². The maximum atomic E-state index is 6.82. The van der Waals surface area contributed by atoms with E-state index >= 15 is 0 Å². The highest BCUT2D eigenvalue weighted by atomic mass is 32.1. The molecule has 0 saturated carbocycles. The van der Waals surface area contributed by atoms with Gasteiger partial charge in [-0.3, -0.25) is 0 Å². The Morgan fingerprint density at radius 2 is 1.02 bits per heavy atom. The van der Waals surface area contributed by atoms with Gasteiger partial charge in [0.1, 0.15) is 5.58 Å². The van der Waals surface area contributed by atoms with Gasteiger partial charge in [0.25, 0.3) is 0 Å². The lowest BCUT2D eigenvalue weighted by Crippen LogP contribution is -2.13. The summed E-state index contributed by atoms with van der Waals surface area (Å²) in [5.41, 5.74) is 9.68. The Morgan fingerprint density at radius 1 is 0.415 bits per heavy atom. The lowest BCUT2D eigenvalue weighted by molar-refractivity contribution is 0.669. The minimum absolute atomic E-state index is 0.863. The van der Waals surface area contributed by atoms with E-state index in [4.69, 9.17) is 4.42 Å². The number of benzene rings is 9. The van der Waals surface area contributed by atoms with E-state index in [0.717, 1.165) is 44.6 Å². The molecule has 0 spiro atoms. The fourth-order valence-electron chi connectivity index (χ4n) is 8.34. The summed E-state index contributed by atoms with van der Waals surface area (Å²) < 4.78 is 9.43. The summed E-state index contributed by atoms with van der Waals surface area (Å²) >= 11 is 1.87. The van der Waals surface area contributed by atoms with Crippen molar-refractivity contribution >= 4 is 92.1 Å². The molecule has 0 saturated heterocycles. The van der Waals surface area contributed by atoms with Crippen LogP contribution in [0.1, 0.15) is 0 Å². The predicted molar refractivity (Wildman–Crippen MR) is 227 cm³/mol. The van der Waals surface area contributed by atoms with Crippen LogP contribution in [-0.2, 0) is 0 Å². The molecule has 0 aliphatic carbocycles. The minimum atomic E-state index is 0.863. The third kappa shape index (κ3) is 4.64. The van der Waals surface area contributed by atoms with Gasteiger partial charge in [0.15, 0.2) is 5.58 Å². The molecule has 0 radical (unpaired) electrons. The number of anilines is 3. The first-order valence-electron chi connectivity index (χ1n) is 18.0. The van der Waals surface area contributed by atoms with Crippen molar-refractivity contribution in [1.82, 2.24) is 0 Å². The molecule has 0 N–H and O–H groups in total. The predicted octanol–water partition coefficient (Wildman–Crippen LogP) is 15.1. The summed E-state index contributed by atoms with van der Waals surface area (Å²) in [7, 11) is 0. The van der Waals surface area contributed by atoms with Gasteiger partial charge in [0.05, 0.1) is 11.4 Å². The zero-order valence-corrected chi connectivity index (χ0v) is 29.5. The molecule has 0 bridgehead atoms. The molecule has 0 aliphatic heterocycles. The van der Waals surface area contributed by atoms with Crippen molar-refractivity contribution < 1.29 is 4.42 Å². The number of fused-ring (bicyclic) bond motifs is 9. The number of para-hydroxylation sites is 2. The van der Waals surface area contributed by atoms with Crippen molar-refractivity contribution in [2.24, 2.45) is 0 Å². The van der Waals surface area contributed by atoms with E-state index in [1.165, 1.54) is 58.4 Å². The SMILES string of the molecule is c1ccc(-c2c(N(c3cccc(-c4cccc5c4sc4ccccc45)c3)c3cccc4c3oc3ccccc34)c3ccccc3c3ccccc23)cc1. The van der Waals surface area contributed by atoms with Crippen LogP contribution in [0.3, 0.4) is 0 Å². The number of hydrogen-bond donors (Lipinski definition) is 0. The third-order valence-electron chi connectivity index (χ3n) is 10.6. The molecule has 3 heteroatoms. The second-order valence-corrected chi connectivity index (χ2v) is 14.7. The Bertz CT molecular complexity index is 3190. The van der Waals surface area contributed by atoms with Gasteiger partial charge in [-0.25, -0.2) is 0 Å². The Hall–Kier alpha value is -6.68. The number of rotatable bonds is 5. The molecule has 0 aliphatic rings. The van der Waals surface area contributed by atoms with Crippen LogP contribution in [0.25, 0.3) is 85.9 Å². The van der Waals surface area contributed by atoms with Crippen LogP contribution in [-0.4, -0.2) is 0 Å². The summed E-state index contributed by atoms with van der Waals surface area (Å²) in [6.07, 6.45) is 0. The number of furan rings is 1. The van der Waals surface area contributed by atoms with Crippen LogP contribution in [0.4, 0.5) is 17.1 Å². The molecule has 2 heterocycles. The van der Waals surface area contributed by atoms with E-state index < -0.39 is 0 Å². The van der Waals surface area contributed by atoms with E-state index in [0.29, 0.717) is 0 Å². The topological polar surface area (TPSA) is 16.4 Å². The van der Waals surface area contributed by atoms with Crippen LogP contribution in [0.2, 0.25) is 0 Å². The summed E-state index contributed by atoms with van der Waals surface area (Å²) in [5.74, 6) is 0. The fraction of sp³-hybridized carbons (Fsp3) is 0. The number of thiophene rings is 1. The zero-order chi connectivity index (χ0) is 34.9. The van der Waals surface area contributed by atoms with Crippen molar-refractivity contribution in [3.8, 4) is 22.3 Å². The van der Waals surface area contributed by atoms with E-state index in [2.05, 4.69) is 187 Å². The lowest BCUT2D eigenvalue weighted by Gasteiger charge is -2.31. The second kappa shape index (κ2) is 11.9. The second-order valence-electron chi connectivity index (χ2n) is 13.6. The third-order valence-corrected chi connectivity index (χ3v) is 11.9. The summed E-state index contributed by atoms with van der Waals surface area (Å²) in [6.45, 7) is 0. The highest BCUT2D eigenvalue weighted by Gasteiger charge is 2.26. The molecule has 2 aromatic heterocycles. The van der Waals surface area contributed by atoms with Crippen LogP contribution < -0.4 is 4.90 Å². The van der Waals surface area contributed by atoms with Crippen molar-refractivity contribution in [2.75, 3.05) is 4.90 Å². The van der Waals surface area contributed by atoms with Crippen LogP contribution in [0.15, 0.2) is 192 Å². The quantitative estimate of drug-likeness (QED) is 0.167. The molecule has 0 atom stereocenters. The van der Waals surface area contributed by atoms with Crippen LogP contribution in [0, 0.1) is 0 Å². The van der Waals surface area contributed by atoms with Crippen molar-refractivity contribution in [2.45, 2.75) is 0 Å². The average Bonchev–Trinajstić information content (AvgIpc) is 3.81. The fourth-order valence-corrected chi connectivity index (χ4v) is 9.57. The van der Waals surface area contributed by atoms with Crippen molar-refractivity contribution in [3.05, 3.63) is 188 Å². The molecule has 0 fully saturated rings. The monoisotopic (exact) mass is 693 g/mol. The Kier molecular flexibility index (Phi) is 6.76. The normalized spacial score (nSPS) is 11.8. The molecular formula is C50H31NOS. The number of hydrogen-bond acceptors (Lipinski definition) is 3. The van der Waals surface area contributed by atoms with Gasteiger partial charge in [-0.05, 0) is 63.2 Å². The van der Waals surface area contributed by atoms with Gasteiger partial charge >= 0.3 is 0 Å². The smallest absolute Gasteiger partial charge is 0.159 e. The van der Waals surface area contributed by atoms with Gasteiger partial charge in [-0.1, -0.05) is 158 Å². The molecule has 248 valence electrons. The molecule has 11 rings (SSSR count). The van der Waals surface area contributed by atoms with Gasteiger partial charge in [0.2, 0.25) is 0 Å². The zero-order valence-electron chi connectivity index (χ0n) is 28.7. The molecule has 2 nitrogen and oxygen atoms in total. The highest BCUT2D eigenvalue weighted by molar-refractivity contribution is 7.26. The molecular weight excluding hydrogens is 663 g/mol. The minimum Gasteiger partial charge on any atom is -0.454 e. The van der Waals surface area contributed by atoms with E-state index in [-0.39, 0.29) is 0 Å². The molecule has 9 aromatic carbocycles. The summed E-state index contributed by atoms with van der Waals surface area (Å²) in [6, 6.07) is 67.9. The van der Waals surface area contributed by atoms with Crippen LogP contribution >= 0.6 is 11.3 Å². The lowest BCUT2D eigenvalue weighted by atomic mass is 9.90. The average molecular weight is 694 g/mol. The Morgan fingerprint density at radius 3 is 1.87 bits per heavy atom. The maximum absolute atomic E-state index is 6.82. The maximum Gasteiger partial charge on any atom is 0.159 e. The van der Waals surface area contributed by atoms with Crippen molar-refractivity contribution in [3.63, 3.8) is 0 Å². The Balaban J connectivity index is 1.27. The van der Waals surface area contributed by atoms with E-state index in [9.17, 15) is 0 Å².